The smallest absolute Gasteiger partial charge is 0.129 e. The van der Waals surface area contributed by atoms with Crippen LogP contribution >= 0.6 is 0 Å². The first-order valence-electron chi connectivity index (χ1n) is 10.7. The Bertz CT molecular complexity index is 896. The molecule has 1 unspecified atom stereocenters. The first kappa shape index (κ1) is 16.8. The quantitative estimate of drug-likeness (QED) is 0.808. The lowest BCUT2D eigenvalue weighted by Gasteiger charge is -2.53. The number of hydrogen-bond donors (Lipinski definition) is 1. The van der Waals surface area contributed by atoms with Crippen molar-refractivity contribution in [3.63, 3.8) is 0 Å². The third-order valence-electron chi connectivity index (χ3n) is 7.82. The van der Waals surface area contributed by atoms with Crippen molar-refractivity contribution < 1.29 is 4.74 Å². The second-order valence-electron chi connectivity index (χ2n) is 9.02. The van der Waals surface area contributed by atoms with E-state index >= 15 is 0 Å². The third kappa shape index (κ3) is 2.23. The van der Waals surface area contributed by atoms with Gasteiger partial charge in [0.25, 0.3) is 0 Å². The molecule has 144 valence electrons. The zero-order valence-electron chi connectivity index (χ0n) is 16.3. The summed E-state index contributed by atoms with van der Waals surface area (Å²) in [5.74, 6) is 1.40. The fourth-order valence-corrected chi connectivity index (χ4v) is 6.55. The highest BCUT2D eigenvalue weighted by molar-refractivity contribution is 5.63. The van der Waals surface area contributed by atoms with Gasteiger partial charge < -0.3 is 10.1 Å². The topological polar surface area (TPSA) is 24.5 Å². The number of piperidine rings is 3. The molecule has 4 bridgehead atoms. The van der Waals surface area contributed by atoms with Crippen molar-refractivity contribution in [2.45, 2.75) is 43.1 Å². The van der Waals surface area contributed by atoms with E-state index in [1.54, 1.807) is 0 Å². The second-order valence-corrected chi connectivity index (χ2v) is 9.02. The Morgan fingerprint density at radius 2 is 1.93 bits per heavy atom. The summed E-state index contributed by atoms with van der Waals surface area (Å²) in [5, 5.41) is 3.66. The molecule has 4 saturated heterocycles. The number of anilines is 1. The van der Waals surface area contributed by atoms with E-state index in [1.165, 1.54) is 36.2 Å². The van der Waals surface area contributed by atoms with Crippen LogP contribution in [-0.4, -0.2) is 36.4 Å². The first-order chi connectivity index (χ1) is 13.8. The van der Waals surface area contributed by atoms with Gasteiger partial charge in [-0.15, -0.1) is 6.58 Å². The van der Waals surface area contributed by atoms with Crippen molar-refractivity contribution in [2.24, 2.45) is 11.8 Å². The molecule has 0 aliphatic carbocycles. The fourth-order valence-electron chi connectivity index (χ4n) is 6.55. The molecule has 5 heterocycles. The van der Waals surface area contributed by atoms with Gasteiger partial charge in [-0.05, 0) is 48.4 Å². The van der Waals surface area contributed by atoms with Gasteiger partial charge in [-0.3, -0.25) is 4.90 Å². The number of benzene rings is 2. The molecule has 1 N–H and O–H groups in total. The zero-order valence-corrected chi connectivity index (χ0v) is 16.3. The molecule has 5 aliphatic rings. The van der Waals surface area contributed by atoms with Crippen LogP contribution < -0.4 is 5.32 Å². The largest absolute Gasteiger partial charge is 0.360 e. The van der Waals surface area contributed by atoms with Crippen LogP contribution in [0.3, 0.4) is 0 Å². The minimum atomic E-state index is -0.0698. The van der Waals surface area contributed by atoms with E-state index in [4.69, 9.17) is 4.74 Å². The molecule has 0 radical (unpaired) electrons. The molecular formula is C25H28N2O. The Kier molecular flexibility index (Phi) is 3.72. The summed E-state index contributed by atoms with van der Waals surface area (Å²) in [6, 6.07) is 20.4. The van der Waals surface area contributed by atoms with E-state index in [0.717, 1.165) is 18.9 Å². The number of ether oxygens (including phenoxy) is 1. The van der Waals surface area contributed by atoms with Gasteiger partial charge in [0.1, 0.15) is 6.23 Å². The summed E-state index contributed by atoms with van der Waals surface area (Å²) < 4.78 is 6.81. The Morgan fingerprint density at radius 3 is 2.71 bits per heavy atom. The Balaban J connectivity index is 1.49. The van der Waals surface area contributed by atoms with Crippen molar-refractivity contribution in [1.82, 2.24) is 4.90 Å². The Hall–Kier alpha value is -2.10. The van der Waals surface area contributed by atoms with Crippen LogP contribution in [0.15, 0.2) is 67.3 Å². The molecule has 0 aromatic heterocycles. The molecule has 5 aliphatic heterocycles. The summed E-state index contributed by atoms with van der Waals surface area (Å²) in [7, 11) is 0. The average molecular weight is 373 g/mol. The molecule has 3 heteroatoms. The lowest BCUT2D eigenvalue weighted by atomic mass is 9.63. The third-order valence-corrected chi connectivity index (χ3v) is 7.82. The lowest BCUT2D eigenvalue weighted by molar-refractivity contribution is -0.0744. The van der Waals surface area contributed by atoms with Crippen LogP contribution in [0.5, 0.6) is 0 Å². The molecule has 0 amide bonds. The van der Waals surface area contributed by atoms with Crippen molar-refractivity contribution >= 4 is 5.69 Å². The summed E-state index contributed by atoms with van der Waals surface area (Å²) in [6.45, 7) is 6.44. The maximum absolute atomic E-state index is 6.81. The molecule has 2 aromatic carbocycles. The Morgan fingerprint density at radius 1 is 1.11 bits per heavy atom. The maximum atomic E-state index is 6.81. The van der Waals surface area contributed by atoms with E-state index in [1.807, 2.05) is 0 Å². The molecule has 0 saturated carbocycles. The standard InChI is InChI=1S/C25H28N2O/c1-2-17-16-27-13-12-18(17)14-22(27)24-25(19-8-4-3-5-9-19)15-23(28-24)26-21-11-7-6-10-20(21)25/h2-11,17-18,22-24,26H,1,12-16H2/t17-,18-,22-,23-,24-,25-/m0/s1. The number of nitrogens with one attached hydrogen (secondary N) is 1. The van der Waals surface area contributed by atoms with Gasteiger partial charge in [0.15, 0.2) is 0 Å². The predicted octanol–water partition coefficient (Wildman–Crippen LogP) is 4.41. The van der Waals surface area contributed by atoms with Crippen LogP contribution in [0, 0.1) is 11.8 Å². The molecule has 7 atom stereocenters. The van der Waals surface area contributed by atoms with E-state index in [9.17, 15) is 0 Å². The number of rotatable bonds is 3. The van der Waals surface area contributed by atoms with Gasteiger partial charge in [-0.1, -0.05) is 54.6 Å². The molecule has 28 heavy (non-hydrogen) atoms. The van der Waals surface area contributed by atoms with Crippen molar-refractivity contribution in [3.8, 4) is 0 Å². The van der Waals surface area contributed by atoms with Crippen LogP contribution in [0.1, 0.15) is 30.4 Å². The minimum absolute atomic E-state index is 0.0698. The highest BCUT2D eigenvalue weighted by Crippen LogP contribution is 2.55. The van der Waals surface area contributed by atoms with Crippen LogP contribution in [0.4, 0.5) is 5.69 Å². The summed E-state index contributed by atoms with van der Waals surface area (Å²) in [4.78, 5) is 2.70. The number of hydrogen-bond acceptors (Lipinski definition) is 3. The second kappa shape index (κ2) is 6.20. The van der Waals surface area contributed by atoms with Gasteiger partial charge in [0.2, 0.25) is 0 Å². The molecule has 3 nitrogen and oxygen atoms in total. The van der Waals surface area contributed by atoms with E-state index in [-0.39, 0.29) is 17.7 Å². The molecule has 2 aromatic rings. The van der Waals surface area contributed by atoms with Gasteiger partial charge >= 0.3 is 0 Å². The lowest BCUT2D eigenvalue weighted by Crippen LogP contribution is -2.60. The summed E-state index contributed by atoms with van der Waals surface area (Å²) in [6.07, 6.45) is 6.01. The summed E-state index contributed by atoms with van der Waals surface area (Å²) >= 11 is 0. The maximum Gasteiger partial charge on any atom is 0.129 e. The minimum Gasteiger partial charge on any atom is -0.360 e. The van der Waals surface area contributed by atoms with E-state index < -0.39 is 0 Å². The normalized spacial score (nSPS) is 40.6. The van der Waals surface area contributed by atoms with E-state index in [2.05, 4.69) is 77.5 Å². The SMILES string of the molecule is C=C[C@H]1CN2CC[C@H]1C[C@H]2[C@@H]1O[C@H]2C[C@]1(c1ccccc1)c1ccccc1N2. The summed E-state index contributed by atoms with van der Waals surface area (Å²) in [5.41, 5.74) is 3.98. The highest BCUT2D eigenvalue weighted by Gasteiger charge is 2.59. The zero-order chi connectivity index (χ0) is 18.7. The molecule has 7 rings (SSSR count). The van der Waals surface area contributed by atoms with Gasteiger partial charge in [-0.25, -0.2) is 0 Å². The molecule has 4 fully saturated rings. The fraction of sp³-hybridized carbons (Fsp3) is 0.440. The van der Waals surface area contributed by atoms with Gasteiger partial charge in [0.05, 0.1) is 11.5 Å². The monoisotopic (exact) mass is 372 g/mol. The number of para-hydroxylation sites is 1. The van der Waals surface area contributed by atoms with Crippen LogP contribution in [-0.2, 0) is 10.2 Å². The number of nitrogens with zero attached hydrogens (tertiary/aromatic N) is 1. The van der Waals surface area contributed by atoms with Crippen molar-refractivity contribution in [3.05, 3.63) is 78.4 Å². The van der Waals surface area contributed by atoms with Crippen molar-refractivity contribution in [1.29, 1.82) is 0 Å². The molecule has 0 spiro atoms. The van der Waals surface area contributed by atoms with Gasteiger partial charge in [0, 0.05) is 24.7 Å². The number of fused-ring (bicyclic) bond motifs is 7. The van der Waals surface area contributed by atoms with Crippen LogP contribution in [0.2, 0.25) is 0 Å². The van der Waals surface area contributed by atoms with Crippen LogP contribution in [0.25, 0.3) is 0 Å². The highest BCUT2D eigenvalue weighted by atomic mass is 16.5. The Labute approximate surface area is 167 Å². The molecular weight excluding hydrogens is 344 g/mol. The predicted molar refractivity (Wildman–Crippen MR) is 112 cm³/mol. The van der Waals surface area contributed by atoms with Crippen molar-refractivity contribution in [2.75, 3.05) is 18.4 Å². The van der Waals surface area contributed by atoms with E-state index in [0.29, 0.717) is 12.0 Å². The van der Waals surface area contributed by atoms with Gasteiger partial charge in [-0.2, -0.15) is 0 Å². The first-order valence-corrected chi connectivity index (χ1v) is 10.7. The average Bonchev–Trinajstić information content (AvgIpc) is 3.09.